The van der Waals surface area contributed by atoms with Crippen molar-refractivity contribution in [3.05, 3.63) is 23.5 Å². The van der Waals surface area contributed by atoms with Crippen LogP contribution in [0.2, 0.25) is 0 Å². The zero-order chi connectivity index (χ0) is 21.2. The first-order chi connectivity index (χ1) is 13.7. The van der Waals surface area contributed by atoms with Crippen LogP contribution in [-0.4, -0.2) is 67.1 Å². The Hall–Kier alpha value is -2.53. The van der Waals surface area contributed by atoms with Crippen molar-refractivity contribution < 1.29 is 23.4 Å². The topological polar surface area (TPSA) is 107 Å². The molecule has 0 aromatic carbocycles. The fraction of sp³-hybridized carbons (Fsp3) is 0.556. The molecule has 2 aromatic heterocycles. The molecule has 3 rings (SSSR count). The van der Waals surface area contributed by atoms with Gasteiger partial charge in [0.2, 0.25) is 5.95 Å². The Kier molecular flexibility index (Phi) is 6.18. The Bertz CT molecular complexity index is 864. The molecule has 29 heavy (non-hydrogen) atoms. The number of aliphatic hydroxyl groups excluding tert-OH is 1. The van der Waals surface area contributed by atoms with Gasteiger partial charge < -0.3 is 15.5 Å². The normalized spacial score (nSPS) is 19.2. The summed E-state index contributed by atoms with van der Waals surface area (Å²) in [6.07, 6.45) is -2.08. The third-order valence-corrected chi connectivity index (χ3v) is 4.95. The van der Waals surface area contributed by atoms with E-state index in [0.29, 0.717) is 23.9 Å². The minimum absolute atomic E-state index is 0.0662. The molecule has 2 atom stereocenters. The summed E-state index contributed by atoms with van der Waals surface area (Å²) < 4.78 is 38.2. The van der Waals surface area contributed by atoms with E-state index in [9.17, 15) is 23.4 Å². The Morgan fingerprint density at radius 1 is 1.31 bits per heavy atom. The molecule has 0 spiro atoms. The van der Waals surface area contributed by atoms with Crippen LogP contribution in [0.3, 0.4) is 0 Å². The number of aromatic hydroxyl groups is 1. The highest BCUT2D eigenvalue weighted by Crippen LogP contribution is 2.34. The molecule has 8 nitrogen and oxygen atoms in total. The van der Waals surface area contributed by atoms with E-state index in [1.54, 1.807) is 6.92 Å². The summed E-state index contributed by atoms with van der Waals surface area (Å²) in [5, 5.41) is 30.5. The predicted molar refractivity (Wildman–Crippen MR) is 99.2 cm³/mol. The number of hydrogen-bond acceptors (Lipinski definition) is 8. The second-order valence-corrected chi connectivity index (χ2v) is 7.17. The highest BCUT2D eigenvalue weighted by atomic mass is 19.4. The van der Waals surface area contributed by atoms with E-state index in [1.807, 2.05) is 6.92 Å². The number of nitrogens with zero attached hydrogens (tertiary/aromatic N) is 5. The maximum absolute atomic E-state index is 12.7. The SMILES string of the molecule is Cc1nc(N[C@@H]2CCCN(C(C)CO)C2)nnc1-c1ncc(C(F)(F)F)cc1O. The van der Waals surface area contributed by atoms with Gasteiger partial charge in [0.15, 0.2) is 0 Å². The third kappa shape index (κ3) is 4.91. The van der Waals surface area contributed by atoms with Crippen molar-refractivity contribution in [3.8, 4) is 17.1 Å². The fourth-order valence-corrected chi connectivity index (χ4v) is 3.30. The molecule has 1 fully saturated rings. The lowest BCUT2D eigenvalue weighted by atomic mass is 10.0. The number of rotatable bonds is 5. The second kappa shape index (κ2) is 8.46. The molecule has 3 heterocycles. The molecule has 0 amide bonds. The van der Waals surface area contributed by atoms with Gasteiger partial charge >= 0.3 is 6.18 Å². The van der Waals surface area contributed by atoms with Crippen molar-refractivity contribution >= 4 is 5.95 Å². The number of aryl methyl sites for hydroxylation is 1. The number of aromatic nitrogens is 4. The highest BCUT2D eigenvalue weighted by Gasteiger charge is 2.32. The van der Waals surface area contributed by atoms with Crippen molar-refractivity contribution in [2.45, 2.75) is 44.9 Å². The molecule has 0 bridgehead atoms. The van der Waals surface area contributed by atoms with Crippen LogP contribution >= 0.6 is 0 Å². The number of pyridine rings is 1. The van der Waals surface area contributed by atoms with Crippen LogP contribution in [0.15, 0.2) is 12.3 Å². The van der Waals surface area contributed by atoms with E-state index in [0.717, 1.165) is 25.9 Å². The molecule has 158 valence electrons. The van der Waals surface area contributed by atoms with Crippen molar-refractivity contribution in [1.29, 1.82) is 0 Å². The van der Waals surface area contributed by atoms with E-state index >= 15 is 0 Å². The van der Waals surface area contributed by atoms with Crippen LogP contribution in [-0.2, 0) is 6.18 Å². The Morgan fingerprint density at radius 2 is 2.07 bits per heavy atom. The summed E-state index contributed by atoms with van der Waals surface area (Å²) in [7, 11) is 0. The largest absolute Gasteiger partial charge is 0.506 e. The van der Waals surface area contributed by atoms with E-state index in [1.165, 1.54) is 0 Å². The molecular formula is C18H23F3N6O2. The van der Waals surface area contributed by atoms with Gasteiger partial charge in [0.25, 0.3) is 0 Å². The second-order valence-electron chi connectivity index (χ2n) is 7.17. The van der Waals surface area contributed by atoms with Crippen LogP contribution in [0.1, 0.15) is 31.0 Å². The smallest absolute Gasteiger partial charge is 0.418 e. The van der Waals surface area contributed by atoms with Crippen molar-refractivity contribution in [2.24, 2.45) is 0 Å². The summed E-state index contributed by atoms with van der Waals surface area (Å²) in [4.78, 5) is 10.2. The van der Waals surface area contributed by atoms with E-state index in [4.69, 9.17) is 0 Å². The predicted octanol–water partition coefficient (Wildman–Crippen LogP) is 2.22. The molecule has 3 N–H and O–H groups in total. The monoisotopic (exact) mass is 412 g/mol. The van der Waals surface area contributed by atoms with Gasteiger partial charge in [-0.1, -0.05) is 0 Å². The summed E-state index contributed by atoms with van der Waals surface area (Å²) in [6.45, 7) is 5.31. The maximum Gasteiger partial charge on any atom is 0.418 e. The number of anilines is 1. The van der Waals surface area contributed by atoms with E-state index in [2.05, 4.69) is 30.4 Å². The zero-order valence-electron chi connectivity index (χ0n) is 16.1. The molecule has 0 saturated carbocycles. The van der Waals surface area contributed by atoms with Crippen LogP contribution in [0.4, 0.5) is 19.1 Å². The van der Waals surface area contributed by atoms with Gasteiger partial charge in [-0.05, 0) is 39.3 Å². The number of aliphatic hydroxyl groups is 1. The number of likely N-dealkylation sites (tertiary alicyclic amines) is 1. The average molecular weight is 412 g/mol. The molecular weight excluding hydrogens is 389 g/mol. The van der Waals surface area contributed by atoms with E-state index < -0.39 is 17.5 Å². The fourth-order valence-electron chi connectivity index (χ4n) is 3.30. The van der Waals surface area contributed by atoms with Gasteiger partial charge in [0.1, 0.15) is 17.1 Å². The van der Waals surface area contributed by atoms with Gasteiger partial charge in [0.05, 0.1) is 17.9 Å². The van der Waals surface area contributed by atoms with E-state index in [-0.39, 0.29) is 30.1 Å². The number of hydrogen-bond donors (Lipinski definition) is 3. The van der Waals surface area contributed by atoms with Crippen molar-refractivity contribution in [1.82, 2.24) is 25.1 Å². The van der Waals surface area contributed by atoms with Crippen LogP contribution in [0, 0.1) is 6.92 Å². The number of nitrogens with one attached hydrogen (secondary N) is 1. The highest BCUT2D eigenvalue weighted by molar-refractivity contribution is 5.64. The lowest BCUT2D eigenvalue weighted by molar-refractivity contribution is -0.137. The summed E-state index contributed by atoms with van der Waals surface area (Å²) >= 11 is 0. The van der Waals surface area contributed by atoms with Crippen LogP contribution < -0.4 is 5.32 Å². The number of piperidine rings is 1. The molecule has 1 saturated heterocycles. The standard InChI is InChI=1S/C18H23F3N6O2/c1-10(9-28)27-5-3-4-13(8-27)24-17-23-11(2)15(25-26-17)16-14(29)6-12(7-22-16)18(19,20)21/h6-7,10,13,28-29H,3-5,8-9H2,1-2H3,(H,23,24,26)/t10?,13-/m1/s1. The van der Waals surface area contributed by atoms with Gasteiger partial charge in [-0.3, -0.25) is 4.90 Å². The summed E-state index contributed by atoms with van der Waals surface area (Å²) in [6, 6.07) is 0.757. The molecule has 1 aliphatic heterocycles. The first kappa shape index (κ1) is 21.2. The van der Waals surface area contributed by atoms with Crippen LogP contribution in [0.25, 0.3) is 11.4 Å². The van der Waals surface area contributed by atoms with Gasteiger partial charge in [-0.25, -0.2) is 9.97 Å². The molecule has 11 heteroatoms. The molecule has 1 aliphatic rings. The first-order valence-corrected chi connectivity index (χ1v) is 9.28. The Labute approximate surface area is 165 Å². The van der Waals surface area contributed by atoms with Crippen molar-refractivity contribution in [2.75, 3.05) is 25.0 Å². The Morgan fingerprint density at radius 3 is 2.69 bits per heavy atom. The van der Waals surface area contributed by atoms with Gasteiger partial charge in [0, 0.05) is 24.8 Å². The first-order valence-electron chi connectivity index (χ1n) is 9.28. The molecule has 2 aromatic rings. The van der Waals surface area contributed by atoms with Crippen LogP contribution in [0.5, 0.6) is 5.75 Å². The van der Waals surface area contributed by atoms with Gasteiger partial charge in [-0.2, -0.15) is 13.2 Å². The zero-order valence-corrected chi connectivity index (χ0v) is 16.1. The third-order valence-electron chi connectivity index (χ3n) is 4.95. The molecule has 0 aliphatic carbocycles. The van der Waals surface area contributed by atoms with Gasteiger partial charge in [-0.15, -0.1) is 10.2 Å². The minimum atomic E-state index is -4.60. The summed E-state index contributed by atoms with van der Waals surface area (Å²) in [5.74, 6) is -0.346. The lowest BCUT2D eigenvalue weighted by Gasteiger charge is -2.36. The average Bonchev–Trinajstić information content (AvgIpc) is 2.67. The maximum atomic E-state index is 12.7. The quantitative estimate of drug-likeness (QED) is 0.686. The minimum Gasteiger partial charge on any atom is -0.506 e. The number of halogens is 3. The Balaban J connectivity index is 1.75. The lowest BCUT2D eigenvalue weighted by Crippen LogP contribution is -2.47. The molecule has 0 radical (unpaired) electrons. The molecule has 1 unspecified atom stereocenters. The number of alkyl halides is 3. The summed E-state index contributed by atoms with van der Waals surface area (Å²) in [5.41, 5.74) is -0.667. The van der Waals surface area contributed by atoms with Crippen molar-refractivity contribution in [3.63, 3.8) is 0 Å².